The maximum Gasteiger partial charge on any atom is 0.335 e. The quantitative estimate of drug-likeness (QED) is 0.656. The highest BCUT2D eigenvalue weighted by Crippen LogP contribution is 2.28. The van der Waals surface area contributed by atoms with Gasteiger partial charge in [0.15, 0.2) is 11.5 Å². The van der Waals surface area contributed by atoms with E-state index in [1.165, 1.54) is 17.3 Å². The van der Waals surface area contributed by atoms with Crippen LogP contribution in [0.15, 0.2) is 60.2 Å². The second-order valence-electron chi connectivity index (χ2n) is 5.29. The maximum absolute atomic E-state index is 10.9. The van der Waals surface area contributed by atoms with E-state index in [0.29, 0.717) is 18.1 Å². The number of carbonyl (C=O) groups is 1. The summed E-state index contributed by atoms with van der Waals surface area (Å²) < 4.78 is 12.6. The van der Waals surface area contributed by atoms with Gasteiger partial charge in [0.25, 0.3) is 0 Å². The number of rotatable bonds is 7. The average Bonchev–Trinajstić information content (AvgIpc) is 3.19. The molecule has 3 aromatic rings. The van der Waals surface area contributed by atoms with Gasteiger partial charge >= 0.3 is 5.97 Å². The Balaban J connectivity index is 1.68. The first-order valence-electron chi connectivity index (χ1n) is 7.68. The van der Waals surface area contributed by atoms with Crippen LogP contribution in [0.2, 0.25) is 0 Å². The summed E-state index contributed by atoms with van der Waals surface area (Å²) >= 11 is 0. The van der Waals surface area contributed by atoms with Gasteiger partial charge in [0.2, 0.25) is 0 Å². The van der Waals surface area contributed by atoms with Crippen molar-refractivity contribution < 1.29 is 19.4 Å². The molecular weight excluding hydrogens is 336 g/mol. The highest BCUT2D eigenvalue weighted by Gasteiger charge is 2.07. The van der Waals surface area contributed by atoms with Crippen LogP contribution in [0.25, 0.3) is 0 Å². The van der Waals surface area contributed by atoms with Crippen LogP contribution in [-0.2, 0) is 6.61 Å². The predicted octanol–water partition coefficient (Wildman–Crippen LogP) is 2.45. The minimum Gasteiger partial charge on any atom is -0.493 e. The Labute approximate surface area is 149 Å². The topological polar surface area (TPSA) is 98.8 Å². The summed E-state index contributed by atoms with van der Waals surface area (Å²) in [5, 5.41) is 20.4. The average molecular weight is 352 g/mol. The number of aromatic nitrogens is 3. The van der Waals surface area contributed by atoms with Gasteiger partial charge in [-0.2, -0.15) is 5.10 Å². The van der Waals surface area contributed by atoms with E-state index in [1.807, 2.05) is 6.07 Å². The van der Waals surface area contributed by atoms with Crippen molar-refractivity contribution in [3.63, 3.8) is 0 Å². The molecule has 8 nitrogen and oxygen atoms in total. The minimum absolute atomic E-state index is 0.239. The molecule has 0 saturated heterocycles. The summed E-state index contributed by atoms with van der Waals surface area (Å²) in [5.41, 5.74) is 1.92. The molecule has 0 amide bonds. The maximum atomic E-state index is 10.9. The SMILES string of the molecule is COc1cc(C=Nn2cnnc2)ccc1OCc1ccc(C(=O)O)cc1. The summed E-state index contributed by atoms with van der Waals surface area (Å²) in [7, 11) is 1.56. The van der Waals surface area contributed by atoms with Crippen LogP contribution in [0.1, 0.15) is 21.5 Å². The van der Waals surface area contributed by atoms with E-state index in [1.54, 1.807) is 49.7 Å². The first-order valence-corrected chi connectivity index (χ1v) is 7.68. The van der Waals surface area contributed by atoms with E-state index in [9.17, 15) is 4.79 Å². The Morgan fingerprint density at radius 2 is 1.88 bits per heavy atom. The van der Waals surface area contributed by atoms with E-state index >= 15 is 0 Å². The van der Waals surface area contributed by atoms with Gasteiger partial charge in [-0.1, -0.05) is 12.1 Å². The minimum atomic E-state index is -0.956. The number of aromatic carboxylic acids is 1. The van der Waals surface area contributed by atoms with Gasteiger partial charge in [0.1, 0.15) is 19.3 Å². The zero-order valence-corrected chi connectivity index (χ0v) is 13.9. The summed E-state index contributed by atoms with van der Waals surface area (Å²) in [5.74, 6) is 0.194. The van der Waals surface area contributed by atoms with Gasteiger partial charge in [-0.3, -0.25) is 0 Å². The molecule has 2 aromatic carbocycles. The smallest absolute Gasteiger partial charge is 0.335 e. The first-order chi connectivity index (χ1) is 12.7. The molecule has 0 bridgehead atoms. The van der Waals surface area contributed by atoms with Crippen molar-refractivity contribution in [2.45, 2.75) is 6.61 Å². The molecule has 1 N–H and O–H groups in total. The molecule has 0 unspecified atom stereocenters. The highest BCUT2D eigenvalue weighted by molar-refractivity contribution is 5.87. The molecule has 0 aliphatic heterocycles. The molecule has 1 heterocycles. The van der Waals surface area contributed by atoms with Gasteiger partial charge in [-0.05, 0) is 41.5 Å². The van der Waals surface area contributed by atoms with Crippen molar-refractivity contribution in [3.8, 4) is 11.5 Å². The lowest BCUT2D eigenvalue weighted by Gasteiger charge is -2.11. The molecule has 8 heteroatoms. The summed E-state index contributed by atoms with van der Waals surface area (Å²) in [4.78, 5) is 10.9. The van der Waals surface area contributed by atoms with Crippen LogP contribution in [-0.4, -0.2) is 39.3 Å². The number of methoxy groups -OCH3 is 1. The predicted molar refractivity (Wildman–Crippen MR) is 93.7 cm³/mol. The first kappa shape index (κ1) is 17.2. The Kier molecular flexibility index (Phi) is 5.23. The molecule has 1 aromatic heterocycles. The van der Waals surface area contributed by atoms with E-state index in [0.717, 1.165) is 11.1 Å². The number of benzene rings is 2. The highest BCUT2D eigenvalue weighted by atomic mass is 16.5. The van der Waals surface area contributed by atoms with E-state index in [4.69, 9.17) is 14.6 Å². The van der Waals surface area contributed by atoms with Crippen LogP contribution in [0.5, 0.6) is 11.5 Å². The van der Waals surface area contributed by atoms with Crippen molar-refractivity contribution in [2.24, 2.45) is 5.10 Å². The molecule has 3 rings (SSSR count). The second kappa shape index (κ2) is 7.93. The Bertz CT molecular complexity index is 905. The fourth-order valence-electron chi connectivity index (χ4n) is 2.18. The molecule has 0 fully saturated rings. The molecule has 26 heavy (non-hydrogen) atoms. The fraction of sp³-hybridized carbons (Fsp3) is 0.111. The molecule has 0 atom stereocenters. The van der Waals surface area contributed by atoms with Gasteiger partial charge < -0.3 is 14.6 Å². The van der Waals surface area contributed by atoms with Gasteiger partial charge in [-0.25, -0.2) is 9.47 Å². The number of ether oxygens (including phenoxy) is 2. The number of nitrogens with zero attached hydrogens (tertiary/aromatic N) is 4. The monoisotopic (exact) mass is 352 g/mol. The lowest BCUT2D eigenvalue weighted by Crippen LogP contribution is -2.00. The number of carboxylic acid groups (broad SMARTS) is 1. The molecule has 0 saturated carbocycles. The molecule has 0 aliphatic carbocycles. The largest absolute Gasteiger partial charge is 0.493 e. The lowest BCUT2D eigenvalue weighted by atomic mass is 10.1. The third-order valence-electron chi connectivity index (χ3n) is 3.53. The molecular formula is C18H16N4O4. The normalized spacial score (nSPS) is 10.8. The summed E-state index contributed by atoms with van der Waals surface area (Å²) in [6.07, 6.45) is 4.63. The van der Waals surface area contributed by atoms with Crippen LogP contribution >= 0.6 is 0 Å². The van der Waals surface area contributed by atoms with Crippen LogP contribution < -0.4 is 9.47 Å². The van der Waals surface area contributed by atoms with Crippen molar-refractivity contribution in [1.29, 1.82) is 0 Å². The van der Waals surface area contributed by atoms with Gasteiger partial charge in [0, 0.05) is 0 Å². The Morgan fingerprint density at radius 1 is 1.15 bits per heavy atom. The summed E-state index contributed by atoms with van der Waals surface area (Å²) in [6.45, 7) is 0.296. The van der Waals surface area contributed by atoms with Crippen LogP contribution in [0, 0.1) is 0 Å². The number of hydrogen-bond donors (Lipinski definition) is 1. The third kappa shape index (κ3) is 4.23. The fourth-order valence-corrected chi connectivity index (χ4v) is 2.18. The zero-order chi connectivity index (χ0) is 18.4. The second-order valence-corrected chi connectivity index (χ2v) is 5.29. The van der Waals surface area contributed by atoms with Crippen molar-refractivity contribution in [3.05, 3.63) is 71.8 Å². The van der Waals surface area contributed by atoms with E-state index < -0.39 is 5.97 Å². The zero-order valence-electron chi connectivity index (χ0n) is 13.9. The van der Waals surface area contributed by atoms with E-state index in [-0.39, 0.29) is 5.56 Å². The third-order valence-corrected chi connectivity index (χ3v) is 3.53. The van der Waals surface area contributed by atoms with E-state index in [2.05, 4.69) is 15.3 Å². The Morgan fingerprint density at radius 3 is 2.54 bits per heavy atom. The molecule has 0 aliphatic rings. The van der Waals surface area contributed by atoms with Gasteiger partial charge in [-0.15, -0.1) is 10.2 Å². The standard InChI is InChI=1S/C18H16N4O4/c1-25-17-8-14(9-21-22-11-19-20-12-22)4-7-16(17)26-10-13-2-5-15(6-3-13)18(23)24/h2-9,11-12H,10H2,1H3,(H,23,24). The van der Waals surface area contributed by atoms with Crippen molar-refractivity contribution in [1.82, 2.24) is 14.9 Å². The summed E-state index contributed by atoms with van der Waals surface area (Å²) in [6, 6.07) is 12.0. The van der Waals surface area contributed by atoms with Crippen LogP contribution in [0.3, 0.4) is 0 Å². The van der Waals surface area contributed by atoms with Crippen molar-refractivity contribution in [2.75, 3.05) is 7.11 Å². The van der Waals surface area contributed by atoms with Gasteiger partial charge in [0.05, 0.1) is 18.9 Å². The Hall–Kier alpha value is -3.68. The van der Waals surface area contributed by atoms with Crippen molar-refractivity contribution >= 4 is 12.2 Å². The molecule has 0 radical (unpaired) electrons. The molecule has 132 valence electrons. The molecule has 0 spiro atoms. The number of hydrogen-bond acceptors (Lipinski definition) is 6. The lowest BCUT2D eigenvalue weighted by molar-refractivity contribution is 0.0697. The van der Waals surface area contributed by atoms with Crippen LogP contribution in [0.4, 0.5) is 0 Å². The number of carboxylic acids is 1.